The summed E-state index contributed by atoms with van der Waals surface area (Å²) in [6.45, 7) is 5.84. The van der Waals surface area contributed by atoms with Crippen LogP contribution < -0.4 is 5.32 Å². The molecule has 32 heavy (non-hydrogen) atoms. The van der Waals surface area contributed by atoms with E-state index in [9.17, 15) is 0 Å². The highest BCUT2D eigenvalue weighted by Crippen LogP contribution is 2.33. The number of imidazole rings is 1. The van der Waals surface area contributed by atoms with Crippen molar-refractivity contribution in [1.82, 2.24) is 34.4 Å². The van der Waals surface area contributed by atoms with Gasteiger partial charge in [0, 0.05) is 36.9 Å². The van der Waals surface area contributed by atoms with Crippen molar-refractivity contribution in [1.29, 1.82) is 0 Å². The van der Waals surface area contributed by atoms with Crippen LogP contribution in [0.5, 0.6) is 0 Å². The van der Waals surface area contributed by atoms with Gasteiger partial charge in [0.05, 0.1) is 36.2 Å². The Kier molecular flexibility index (Phi) is 4.99. The lowest BCUT2D eigenvalue weighted by molar-refractivity contribution is 0.00791. The fourth-order valence-electron chi connectivity index (χ4n) is 5.14. The molecule has 0 radical (unpaired) electrons. The van der Waals surface area contributed by atoms with E-state index in [0.717, 1.165) is 78.6 Å². The summed E-state index contributed by atoms with van der Waals surface area (Å²) in [5, 5.41) is 9.49. The van der Waals surface area contributed by atoms with Crippen molar-refractivity contribution in [3.63, 3.8) is 0 Å². The summed E-state index contributed by atoms with van der Waals surface area (Å²) in [6, 6.07) is 5.10. The van der Waals surface area contributed by atoms with Crippen LogP contribution in [0.15, 0.2) is 30.9 Å². The molecule has 4 aromatic heterocycles. The van der Waals surface area contributed by atoms with Gasteiger partial charge in [0.2, 0.25) is 0 Å². The van der Waals surface area contributed by atoms with E-state index in [2.05, 4.69) is 30.2 Å². The number of hydrogen-bond acceptors (Lipinski definition) is 7. The van der Waals surface area contributed by atoms with Gasteiger partial charge in [0.25, 0.3) is 0 Å². The second kappa shape index (κ2) is 8.14. The largest absolute Gasteiger partial charge is 0.379 e. The van der Waals surface area contributed by atoms with E-state index < -0.39 is 0 Å². The summed E-state index contributed by atoms with van der Waals surface area (Å²) in [7, 11) is 0. The molecule has 1 aliphatic carbocycles. The van der Waals surface area contributed by atoms with Crippen LogP contribution in [0.2, 0.25) is 0 Å². The topological polar surface area (TPSA) is 96.3 Å². The molecular formula is C23H28N8O. The number of nitrogens with one attached hydrogen (secondary N) is 2. The van der Waals surface area contributed by atoms with Crippen LogP contribution in [0, 0.1) is 6.92 Å². The summed E-state index contributed by atoms with van der Waals surface area (Å²) >= 11 is 0. The van der Waals surface area contributed by atoms with E-state index in [1.54, 1.807) is 6.33 Å². The van der Waals surface area contributed by atoms with E-state index >= 15 is 0 Å². The normalized spacial score (nSPS) is 22.5. The summed E-state index contributed by atoms with van der Waals surface area (Å²) in [4.78, 5) is 19.4. The van der Waals surface area contributed by atoms with Gasteiger partial charge in [-0.15, -0.1) is 0 Å². The first-order chi connectivity index (χ1) is 15.7. The minimum atomic E-state index is 0.417. The van der Waals surface area contributed by atoms with Crippen LogP contribution in [-0.2, 0) is 4.74 Å². The van der Waals surface area contributed by atoms with E-state index in [0.29, 0.717) is 12.1 Å². The van der Waals surface area contributed by atoms with Gasteiger partial charge in [-0.2, -0.15) is 5.10 Å². The Hall–Kier alpha value is -3.04. The van der Waals surface area contributed by atoms with E-state index in [1.165, 1.54) is 12.8 Å². The number of fused-ring (bicyclic) bond motifs is 2. The molecule has 0 amide bonds. The molecule has 0 unspecified atom stereocenters. The zero-order valence-corrected chi connectivity index (χ0v) is 18.3. The number of H-pyrrole nitrogens is 1. The maximum atomic E-state index is 5.52. The predicted octanol–water partition coefficient (Wildman–Crippen LogP) is 3.03. The maximum Gasteiger partial charge on any atom is 0.153 e. The van der Waals surface area contributed by atoms with Crippen molar-refractivity contribution in [2.45, 2.75) is 44.7 Å². The lowest BCUT2D eigenvalue weighted by atomic mass is 9.90. The number of anilines is 1. The van der Waals surface area contributed by atoms with Gasteiger partial charge < -0.3 is 15.0 Å². The van der Waals surface area contributed by atoms with Crippen molar-refractivity contribution in [3.05, 3.63) is 36.5 Å². The number of nitrogens with zero attached hydrogens (tertiary/aromatic N) is 6. The van der Waals surface area contributed by atoms with Crippen LogP contribution in [0.3, 0.4) is 0 Å². The first kappa shape index (κ1) is 19.6. The third kappa shape index (κ3) is 3.61. The molecule has 0 aromatic carbocycles. The average molecular weight is 433 g/mol. The molecule has 4 aromatic rings. The molecule has 0 bridgehead atoms. The van der Waals surface area contributed by atoms with Gasteiger partial charge in [-0.05, 0) is 44.7 Å². The van der Waals surface area contributed by atoms with Crippen molar-refractivity contribution >= 4 is 22.5 Å². The van der Waals surface area contributed by atoms with E-state index in [1.807, 2.05) is 36.0 Å². The summed E-state index contributed by atoms with van der Waals surface area (Å²) in [6.07, 6.45) is 10.2. The second-order valence-corrected chi connectivity index (χ2v) is 8.85. The maximum absolute atomic E-state index is 5.52. The molecule has 2 fully saturated rings. The molecule has 1 saturated heterocycles. The standard InChI is InChI=1S/C23H28N8O/c1-15-13-31-20(27-15)7-6-19(29-31)18-12-24-22-21(18)23(26-14-25-22)28-16-2-4-17(5-3-16)30-8-10-32-11-9-30/h6-7,12-14,16-17H,2-5,8-11H2,1H3,(H2,24,25,26,28). The minimum absolute atomic E-state index is 0.417. The summed E-state index contributed by atoms with van der Waals surface area (Å²) < 4.78 is 7.34. The third-order valence-corrected chi connectivity index (χ3v) is 6.79. The monoisotopic (exact) mass is 432 g/mol. The second-order valence-electron chi connectivity index (χ2n) is 8.85. The van der Waals surface area contributed by atoms with E-state index in [-0.39, 0.29) is 0 Å². The van der Waals surface area contributed by atoms with Crippen LogP contribution in [0.1, 0.15) is 31.4 Å². The fourth-order valence-corrected chi connectivity index (χ4v) is 5.14. The van der Waals surface area contributed by atoms with Gasteiger partial charge in [0.1, 0.15) is 17.8 Å². The number of aromatic nitrogens is 6. The molecule has 5 heterocycles. The highest BCUT2D eigenvalue weighted by Gasteiger charge is 2.27. The number of aryl methyl sites for hydroxylation is 1. The van der Waals surface area contributed by atoms with Crippen LogP contribution >= 0.6 is 0 Å². The SMILES string of the molecule is Cc1cn2nc(-c3c[nH]c4ncnc(NC5CCC(N6CCOCC6)CC5)c34)ccc2n1. The third-order valence-electron chi connectivity index (χ3n) is 6.79. The van der Waals surface area contributed by atoms with Crippen molar-refractivity contribution in [2.24, 2.45) is 0 Å². The molecular weight excluding hydrogens is 404 g/mol. The van der Waals surface area contributed by atoms with Gasteiger partial charge in [-0.1, -0.05) is 0 Å². The molecule has 1 aliphatic heterocycles. The van der Waals surface area contributed by atoms with Crippen molar-refractivity contribution in [2.75, 3.05) is 31.6 Å². The minimum Gasteiger partial charge on any atom is -0.379 e. The lowest BCUT2D eigenvalue weighted by Gasteiger charge is -2.39. The van der Waals surface area contributed by atoms with Crippen LogP contribution in [0.25, 0.3) is 27.9 Å². The van der Waals surface area contributed by atoms with Crippen molar-refractivity contribution < 1.29 is 4.74 Å². The smallest absolute Gasteiger partial charge is 0.153 e. The zero-order valence-electron chi connectivity index (χ0n) is 18.3. The molecule has 9 heteroatoms. The first-order valence-electron chi connectivity index (χ1n) is 11.5. The lowest BCUT2D eigenvalue weighted by Crippen LogP contribution is -2.46. The Morgan fingerprint density at radius 2 is 1.94 bits per heavy atom. The number of morpholine rings is 1. The number of aromatic amines is 1. The molecule has 166 valence electrons. The van der Waals surface area contributed by atoms with Gasteiger partial charge in [0.15, 0.2) is 5.65 Å². The fraction of sp³-hybridized carbons (Fsp3) is 0.478. The Morgan fingerprint density at radius 1 is 1.09 bits per heavy atom. The van der Waals surface area contributed by atoms with Crippen molar-refractivity contribution in [3.8, 4) is 11.3 Å². The number of hydrogen-bond donors (Lipinski definition) is 2. The molecule has 6 rings (SSSR count). The molecule has 2 aliphatic rings. The number of ether oxygens (including phenoxy) is 1. The van der Waals surface area contributed by atoms with Gasteiger partial charge >= 0.3 is 0 Å². The Labute approximate surface area is 186 Å². The average Bonchev–Trinajstić information content (AvgIpc) is 3.43. The first-order valence-corrected chi connectivity index (χ1v) is 11.5. The molecule has 9 nitrogen and oxygen atoms in total. The summed E-state index contributed by atoms with van der Waals surface area (Å²) in [5.41, 5.74) is 4.49. The summed E-state index contributed by atoms with van der Waals surface area (Å²) in [5.74, 6) is 0.879. The molecule has 1 saturated carbocycles. The number of rotatable bonds is 4. The predicted molar refractivity (Wildman–Crippen MR) is 123 cm³/mol. The molecule has 0 spiro atoms. The van der Waals surface area contributed by atoms with Gasteiger partial charge in [-0.3, -0.25) is 4.90 Å². The Bertz CT molecular complexity index is 1230. The van der Waals surface area contributed by atoms with E-state index in [4.69, 9.17) is 9.84 Å². The molecule has 0 atom stereocenters. The highest BCUT2D eigenvalue weighted by molar-refractivity contribution is 6.00. The quantitative estimate of drug-likeness (QED) is 0.512. The van der Waals surface area contributed by atoms with Crippen LogP contribution in [0.4, 0.5) is 5.82 Å². The van der Waals surface area contributed by atoms with Crippen LogP contribution in [-0.4, -0.2) is 72.8 Å². The van der Waals surface area contributed by atoms with Gasteiger partial charge in [-0.25, -0.2) is 19.5 Å². The molecule has 2 N–H and O–H groups in total. The highest BCUT2D eigenvalue weighted by atomic mass is 16.5. The Morgan fingerprint density at radius 3 is 2.78 bits per heavy atom. The Balaban J connectivity index is 1.24. The zero-order chi connectivity index (χ0) is 21.5.